The number of pyridine rings is 1. The van der Waals surface area contributed by atoms with Gasteiger partial charge < -0.3 is 14.8 Å². The zero-order chi connectivity index (χ0) is 16.5. The van der Waals surface area contributed by atoms with Gasteiger partial charge in [-0.3, -0.25) is 4.79 Å². The highest BCUT2D eigenvalue weighted by Gasteiger charge is 2.10. The highest BCUT2D eigenvalue weighted by Crippen LogP contribution is 2.31. The first-order valence-corrected chi connectivity index (χ1v) is 7.37. The van der Waals surface area contributed by atoms with Crippen molar-refractivity contribution in [3.8, 4) is 17.4 Å². The summed E-state index contributed by atoms with van der Waals surface area (Å²) < 4.78 is 11.1. The van der Waals surface area contributed by atoms with Gasteiger partial charge in [0.05, 0.1) is 7.11 Å². The van der Waals surface area contributed by atoms with Crippen LogP contribution in [0.3, 0.4) is 0 Å². The maximum atomic E-state index is 11.7. The molecule has 23 heavy (non-hydrogen) atoms. The summed E-state index contributed by atoms with van der Waals surface area (Å²) in [6.45, 7) is 2.24. The molecule has 0 aliphatic heterocycles. The number of carbonyl (C=O) groups is 1. The van der Waals surface area contributed by atoms with E-state index >= 15 is 0 Å². The van der Waals surface area contributed by atoms with E-state index in [0.29, 0.717) is 30.3 Å². The Morgan fingerprint density at radius 3 is 2.74 bits per heavy atom. The number of rotatable bonds is 7. The molecule has 5 nitrogen and oxygen atoms in total. The molecule has 120 valence electrons. The smallest absolute Gasteiger partial charge is 0.224 e. The topological polar surface area (TPSA) is 60.5 Å². The first kappa shape index (κ1) is 16.5. The van der Waals surface area contributed by atoms with Gasteiger partial charge in [-0.05, 0) is 25.1 Å². The van der Waals surface area contributed by atoms with Gasteiger partial charge in [0.2, 0.25) is 11.8 Å². The second-order valence-corrected chi connectivity index (χ2v) is 4.77. The van der Waals surface area contributed by atoms with Crippen molar-refractivity contribution < 1.29 is 14.3 Å². The second-order valence-electron chi connectivity index (χ2n) is 4.77. The Morgan fingerprint density at radius 1 is 1.22 bits per heavy atom. The summed E-state index contributed by atoms with van der Waals surface area (Å²) in [6, 6.07) is 11.0. The minimum absolute atomic E-state index is 0.0461. The van der Waals surface area contributed by atoms with Crippen LogP contribution in [0.4, 0.5) is 0 Å². The van der Waals surface area contributed by atoms with Crippen molar-refractivity contribution in [3.05, 3.63) is 60.3 Å². The van der Waals surface area contributed by atoms with Crippen LogP contribution in [-0.2, 0) is 11.3 Å². The molecule has 0 atom stereocenters. The van der Waals surface area contributed by atoms with Crippen LogP contribution in [0.1, 0.15) is 18.9 Å². The lowest BCUT2D eigenvalue weighted by atomic mass is 10.2. The van der Waals surface area contributed by atoms with Gasteiger partial charge in [-0.15, -0.1) is 0 Å². The van der Waals surface area contributed by atoms with E-state index in [1.54, 1.807) is 13.3 Å². The summed E-state index contributed by atoms with van der Waals surface area (Å²) >= 11 is 0. The molecule has 1 N–H and O–H groups in total. The lowest BCUT2D eigenvalue weighted by molar-refractivity contribution is -0.120. The molecule has 0 aliphatic rings. The average Bonchev–Trinajstić information content (AvgIpc) is 2.59. The summed E-state index contributed by atoms with van der Waals surface area (Å²) in [6.07, 6.45) is 5.67. The van der Waals surface area contributed by atoms with Crippen molar-refractivity contribution in [2.75, 3.05) is 7.11 Å². The lowest BCUT2D eigenvalue weighted by Crippen LogP contribution is -2.22. The fourth-order valence-electron chi connectivity index (χ4n) is 1.95. The molecule has 0 fully saturated rings. The van der Waals surface area contributed by atoms with Crippen molar-refractivity contribution in [2.24, 2.45) is 0 Å². The van der Waals surface area contributed by atoms with Crippen LogP contribution >= 0.6 is 0 Å². The van der Waals surface area contributed by atoms with Crippen molar-refractivity contribution in [1.29, 1.82) is 0 Å². The molecule has 0 bridgehead atoms. The maximum absolute atomic E-state index is 11.7. The van der Waals surface area contributed by atoms with Crippen LogP contribution < -0.4 is 14.8 Å². The summed E-state index contributed by atoms with van der Waals surface area (Å²) in [5, 5.41) is 2.85. The highest BCUT2D eigenvalue weighted by atomic mass is 16.5. The predicted molar refractivity (Wildman–Crippen MR) is 88.6 cm³/mol. The molecule has 1 heterocycles. The number of hydrogen-bond donors (Lipinski definition) is 1. The van der Waals surface area contributed by atoms with E-state index in [1.165, 1.54) is 0 Å². The third kappa shape index (κ3) is 4.85. The van der Waals surface area contributed by atoms with E-state index in [2.05, 4.69) is 10.3 Å². The average molecular weight is 312 g/mol. The molecule has 1 aromatic heterocycles. The zero-order valence-corrected chi connectivity index (χ0v) is 13.3. The number of methoxy groups -OCH3 is 1. The van der Waals surface area contributed by atoms with E-state index < -0.39 is 0 Å². The normalized spacial score (nSPS) is 10.5. The number of carbonyl (C=O) groups excluding carboxylic acids is 1. The number of hydrogen-bond acceptors (Lipinski definition) is 4. The van der Waals surface area contributed by atoms with Gasteiger partial charge in [0, 0.05) is 24.7 Å². The molecule has 0 saturated carbocycles. The van der Waals surface area contributed by atoms with Gasteiger partial charge >= 0.3 is 0 Å². The molecule has 0 spiro atoms. The Hall–Kier alpha value is -2.82. The standard InChI is InChI=1S/C18H20N2O3/c1-3-4-11-17(21)20-13-14-8-7-12-19-18(14)23-16-10-6-5-9-15(16)22-2/h3-10,12H,11,13H2,1-2H3,(H,20,21). The molecule has 1 aromatic carbocycles. The summed E-state index contributed by atoms with van der Waals surface area (Å²) in [5.74, 6) is 1.61. The van der Waals surface area contributed by atoms with Gasteiger partial charge in [0.1, 0.15) is 0 Å². The van der Waals surface area contributed by atoms with E-state index in [-0.39, 0.29) is 5.91 Å². The minimum atomic E-state index is -0.0461. The predicted octanol–water partition coefficient (Wildman–Crippen LogP) is 3.46. The number of para-hydroxylation sites is 2. The van der Waals surface area contributed by atoms with Gasteiger partial charge in [-0.1, -0.05) is 30.4 Å². The molecule has 2 rings (SSSR count). The first-order valence-electron chi connectivity index (χ1n) is 7.37. The summed E-state index contributed by atoms with van der Waals surface area (Å²) in [4.78, 5) is 15.9. The van der Waals surface area contributed by atoms with Gasteiger partial charge in [-0.25, -0.2) is 4.98 Å². The largest absolute Gasteiger partial charge is 0.493 e. The van der Waals surface area contributed by atoms with Gasteiger partial charge in [0.25, 0.3) is 0 Å². The molecule has 0 unspecified atom stereocenters. The number of ether oxygens (including phenoxy) is 2. The monoisotopic (exact) mass is 312 g/mol. The van der Waals surface area contributed by atoms with Crippen molar-refractivity contribution in [3.63, 3.8) is 0 Å². The number of nitrogens with one attached hydrogen (secondary N) is 1. The Labute approximate surface area is 136 Å². The molecular weight excluding hydrogens is 292 g/mol. The Bertz CT molecular complexity index is 683. The first-order chi connectivity index (χ1) is 11.2. The van der Waals surface area contributed by atoms with E-state index in [0.717, 1.165) is 5.56 Å². The van der Waals surface area contributed by atoms with Crippen LogP contribution in [0.15, 0.2) is 54.7 Å². The van der Waals surface area contributed by atoms with Crippen LogP contribution in [0.25, 0.3) is 0 Å². The number of benzene rings is 1. The Morgan fingerprint density at radius 2 is 2.00 bits per heavy atom. The van der Waals surface area contributed by atoms with Crippen molar-refractivity contribution in [1.82, 2.24) is 10.3 Å². The number of nitrogens with zero attached hydrogens (tertiary/aromatic N) is 1. The van der Waals surface area contributed by atoms with Gasteiger partial charge in [0.15, 0.2) is 11.5 Å². The molecule has 1 amide bonds. The van der Waals surface area contributed by atoms with E-state index in [4.69, 9.17) is 9.47 Å². The molecule has 0 saturated heterocycles. The molecular formula is C18H20N2O3. The summed E-state index contributed by atoms with van der Waals surface area (Å²) in [7, 11) is 1.59. The SMILES string of the molecule is CC=CCC(=O)NCc1cccnc1Oc1ccccc1OC. The molecule has 0 radical (unpaired) electrons. The third-order valence-electron chi connectivity index (χ3n) is 3.14. The van der Waals surface area contributed by atoms with Crippen LogP contribution in [-0.4, -0.2) is 18.0 Å². The molecule has 2 aromatic rings. The highest BCUT2D eigenvalue weighted by molar-refractivity contribution is 5.77. The van der Waals surface area contributed by atoms with E-state index in [1.807, 2.05) is 55.5 Å². The number of aromatic nitrogens is 1. The van der Waals surface area contributed by atoms with Crippen LogP contribution in [0, 0.1) is 0 Å². The fourth-order valence-corrected chi connectivity index (χ4v) is 1.95. The number of allylic oxidation sites excluding steroid dienone is 1. The second kappa shape index (κ2) is 8.58. The fraction of sp³-hybridized carbons (Fsp3) is 0.222. The number of amides is 1. The van der Waals surface area contributed by atoms with Crippen molar-refractivity contribution >= 4 is 5.91 Å². The maximum Gasteiger partial charge on any atom is 0.224 e. The van der Waals surface area contributed by atoms with Crippen LogP contribution in [0.5, 0.6) is 17.4 Å². The Kier molecular flexibility index (Phi) is 6.17. The Balaban J connectivity index is 2.10. The lowest BCUT2D eigenvalue weighted by Gasteiger charge is -2.12. The van der Waals surface area contributed by atoms with Crippen molar-refractivity contribution in [2.45, 2.75) is 19.9 Å². The summed E-state index contributed by atoms with van der Waals surface area (Å²) in [5.41, 5.74) is 0.798. The van der Waals surface area contributed by atoms with Gasteiger partial charge in [-0.2, -0.15) is 0 Å². The molecule has 5 heteroatoms. The van der Waals surface area contributed by atoms with Crippen LogP contribution in [0.2, 0.25) is 0 Å². The third-order valence-corrected chi connectivity index (χ3v) is 3.14. The quantitative estimate of drug-likeness (QED) is 0.795. The zero-order valence-electron chi connectivity index (χ0n) is 13.3. The molecule has 0 aliphatic carbocycles. The van der Waals surface area contributed by atoms with E-state index in [9.17, 15) is 4.79 Å². The minimum Gasteiger partial charge on any atom is -0.493 e.